The summed E-state index contributed by atoms with van der Waals surface area (Å²) in [7, 11) is 0. The summed E-state index contributed by atoms with van der Waals surface area (Å²) in [5, 5.41) is 0. The normalized spacial score (nSPS) is 17.2. The fraction of sp³-hybridized carbons (Fsp3) is 0.455. The predicted molar refractivity (Wildman–Crippen MR) is 206 cm³/mol. The van der Waals surface area contributed by atoms with Crippen LogP contribution in [0.15, 0.2) is 97.1 Å². The van der Waals surface area contributed by atoms with Crippen molar-refractivity contribution in [3.8, 4) is 33.8 Å². The van der Waals surface area contributed by atoms with E-state index in [2.05, 4.69) is 86.6 Å². The average molecular weight is 743 g/mol. The zero-order chi connectivity index (χ0) is 37.2. The van der Waals surface area contributed by atoms with Gasteiger partial charge >= 0.3 is 0 Å². The molecule has 2 heterocycles. The van der Waals surface area contributed by atoms with Crippen LogP contribution in [0.1, 0.15) is 37.2 Å². The molecule has 6 rings (SSSR count). The highest BCUT2D eigenvalue weighted by Crippen LogP contribution is 2.27. The molecule has 4 aromatic carbocycles. The maximum Gasteiger partial charge on any atom is 0.119 e. The Morgan fingerprint density at radius 3 is 1.09 bits per heavy atom. The summed E-state index contributed by atoms with van der Waals surface area (Å²) in [6.45, 7) is 12.2. The fourth-order valence-corrected chi connectivity index (χ4v) is 5.66. The van der Waals surface area contributed by atoms with E-state index in [-0.39, 0.29) is 24.4 Å². The maximum atomic E-state index is 5.91. The van der Waals surface area contributed by atoms with Crippen LogP contribution in [0.2, 0.25) is 0 Å². The molecule has 0 bridgehead atoms. The Kier molecular flexibility index (Phi) is 16.2. The molecule has 2 saturated heterocycles. The van der Waals surface area contributed by atoms with Crippen molar-refractivity contribution in [1.82, 2.24) is 0 Å². The first-order valence-corrected chi connectivity index (χ1v) is 19.0. The molecule has 0 saturated carbocycles. The molecule has 0 N–H and O–H groups in total. The van der Waals surface area contributed by atoms with Gasteiger partial charge in [-0.2, -0.15) is 0 Å². The second-order valence-corrected chi connectivity index (χ2v) is 13.3. The van der Waals surface area contributed by atoms with Gasteiger partial charge in [0.25, 0.3) is 0 Å². The molecule has 4 unspecified atom stereocenters. The molecule has 0 spiro atoms. The first kappa shape index (κ1) is 39.8. The van der Waals surface area contributed by atoms with Crippen LogP contribution in [0.3, 0.4) is 0 Å². The van der Waals surface area contributed by atoms with Crippen molar-refractivity contribution in [3.05, 3.63) is 108 Å². The highest BCUT2D eigenvalue weighted by atomic mass is 16.6. The van der Waals surface area contributed by atoms with Crippen LogP contribution in [-0.2, 0) is 37.9 Å². The molecule has 290 valence electrons. The molecule has 2 aliphatic rings. The Morgan fingerprint density at radius 2 is 0.741 bits per heavy atom. The highest BCUT2D eigenvalue weighted by molar-refractivity contribution is 5.65. The van der Waals surface area contributed by atoms with Crippen molar-refractivity contribution in [3.63, 3.8) is 0 Å². The first-order valence-electron chi connectivity index (χ1n) is 19.0. The first-order chi connectivity index (χ1) is 26.6. The topological polar surface area (TPSA) is 98.9 Å². The van der Waals surface area contributed by atoms with Gasteiger partial charge in [0.15, 0.2) is 0 Å². The van der Waals surface area contributed by atoms with Gasteiger partial charge in [-0.05, 0) is 71.5 Å². The lowest BCUT2D eigenvalue weighted by Crippen LogP contribution is -2.13. The van der Waals surface area contributed by atoms with Gasteiger partial charge in [0.2, 0.25) is 0 Å². The number of rotatable bonds is 27. The van der Waals surface area contributed by atoms with Gasteiger partial charge in [-0.25, -0.2) is 0 Å². The quantitative estimate of drug-likeness (QED) is 0.0452. The summed E-state index contributed by atoms with van der Waals surface area (Å²) >= 11 is 0. The minimum Gasteiger partial charge on any atom is -0.491 e. The second-order valence-electron chi connectivity index (χ2n) is 13.3. The van der Waals surface area contributed by atoms with Crippen molar-refractivity contribution in [2.75, 3.05) is 92.5 Å². The van der Waals surface area contributed by atoms with Crippen molar-refractivity contribution in [2.45, 2.75) is 38.3 Å². The summed E-state index contributed by atoms with van der Waals surface area (Å²) in [6, 6.07) is 33.1. The third-order valence-electron chi connectivity index (χ3n) is 9.10. The zero-order valence-corrected chi connectivity index (χ0v) is 31.5. The van der Waals surface area contributed by atoms with E-state index in [0.29, 0.717) is 79.3 Å². The molecule has 2 aliphatic heterocycles. The van der Waals surface area contributed by atoms with Crippen LogP contribution in [0.25, 0.3) is 22.3 Å². The van der Waals surface area contributed by atoms with E-state index in [4.69, 9.17) is 47.4 Å². The average Bonchev–Trinajstić information content (AvgIpc) is 4.16. The number of benzene rings is 4. The van der Waals surface area contributed by atoms with Crippen LogP contribution in [0.4, 0.5) is 0 Å². The molecule has 0 radical (unpaired) electrons. The number of hydrogen-bond donors (Lipinski definition) is 0. The summed E-state index contributed by atoms with van der Waals surface area (Å²) < 4.78 is 56.3. The van der Waals surface area contributed by atoms with E-state index >= 15 is 0 Å². The van der Waals surface area contributed by atoms with Gasteiger partial charge in [0.05, 0.1) is 91.5 Å². The van der Waals surface area contributed by atoms with Gasteiger partial charge in [0, 0.05) is 0 Å². The molecular weight excluding hydrogens is 688 g/mol. The fourth-order valence-electron chi connectivity index (χ4n) is 5.66. The van der Waals surface area contributed by atoms with Crippen LogP contribution in [0.5, 0.6) is 11.5 Å². The van der Waals surface area contributed by atoms with E-state index < -0.39 is 0 Å². The Balaban J connectivity index is 0.768. The smallest absolute Gasteiger partial charge is 0.119 e. The van der Waals surface area contributed by atoms with E-state index in [1.165, 1.54) is 0 Å². The molecule has 4 atom stereocenters. The largest absolute Gasteiger partial charge is 0.491 e. The Morgan fingerprint density at radius 1 is 0.426 bits per heavy atom. The Bertz CT molecular complexity index is 1480. The summed E-state index contributed by atoms with van der Waals surface area (Å²) in [5.41, 5.74) is 6.82. The second kappa shape index (κ2) is 21.9. The van der Waals surface area contributed by atoms with Gasteiger partial charge < -0.3 is 47.4 Å². The number of hydrogen-bond acceptors (Lipinski definition) is 10. The van der Waals surface area contributed by atoms with Gasteiger partial charge in [0.1, 0.15) is 36.9 Å². The molecule has 10 nitrogen and oxygen atoms in total. The third-order valence-corrected chi connectivity index (χ3v) is 9.10. The van der Waals surface area contributed by atoms with Crippen LogP contribution in [0, 0.1) is 0 Å². The SMILES string of the molecule is CC(OCCOCC1CO1)c1ccc(-c2ccc(OCCOCCOCCOc3ccc(-c4ccc(C(C)OCCOCC5CO5)cc4)cc3)cc2)cc1. The Hall–Kier alpha value is -3.84. The lowest BCUT2D eigenvalue weighted by Gasteiger charge is -2.14. The molecule has 0 aliphatic carbocycles. The van der Waals surface area contributed by atoms with E-state index in [1.807, 2.05) is 24.3 Å². The molecular formula is C44H54O10. The molecule has 4 aromatic rings. The lowest BCUT2D eigenvalue weighted by atomic mass is 10.0. The van der Waals surface area contributed by atoms with E-state index in [1.54, 1.807) is 0 Å². The van der Waals surface area contributed by atoms with Crippen LogP contribution in [-0.4, -0.2) is 105 Å². The Labute approximate surface area is 319 Å². The summed E-state index contributed by atoms with van der Waals surface area (Å²) in [6.07, 6.45) is 0.579. The minimum atomic E-state index is 0.00429. The minimum absolute atomic E-state index is 0.00429. The standard InChI is InChI=1S/C44H54O10/c1-33(49-25-23-47-29-43-31-53-43)35-3-7-37(8-4-35)39-11-15-41(16-12-39)51-27-21-45-19-20-46-22-28-52-42-17-13-40(14-18-42)38-9-5-36(6-10-38)34(2)50-26-24-48-30-44-32-54-44/h3-18,33-34,43-44H,19-32H2,1-2H3. The van der Waals surface area contributed by atoms with Crippen molar-refractivity contribution >= 4 is 0 Å². The summed E-state index contributed by atoms with van der Waals surface area (Å²) in [4.78, 5) is 0. The number of ether oxygens (including phenoxy) is 10. The highest BCUT2D eigenvalue weighted by Gasteiger charge is 2.22. The van der Waals surface area contributed by atoms with Crippen molar-refractivity contribution < 1.29 is 47.4 Å². The van der Waals surface area contributed by atoms with Crippen LogP contribution < -0.4 is 9.47 Å². The van der Waals surface area contributed by atoms with E-state index in [0.717, 1.165) is 58.1 Å². The maximum absolute atomic E-state index is 5.91. The molecule has 10 heteroatoms. The van der Waals surface area contributed by atoms with Gasteiger partial charge in [-0.15, -0.1) is 0 Å². The van der Waals surface area contributed by atoms with E-state index in [9.17, 15) is 0 Å². The van der Waals surface area contributed by atoms with Crippen LogP contribution >= 0.6 is 0 Å². The van der Waals surface area contributed by atoms with Crippen molar-refractivity contribution in [2.24, 2.45) is 0 Å². The predicted octanol–water partition coefficient (Wildman–Crippen LogP) is 7.50. The third kappa shape index (κ3) is 14.1. The molecule has 2 fully saturated rings. The van der Waals surface area contributed by atoms with Gasteiger partial charge in [-0.1, -0.05) is 72.8 Å². The lowest BCUT2D eigenvalue weighted by molar-refractivity contribution is 0.00816. The number of epoxide rings is 2. The molecule has 0 aromatic heterocycles. The zero-order valence-electron chi connectivity index (χ0n) is 31.5. The summed E-state index contributed by atoms with van der Waals surface area (Å²) in [5.74, 6) is 1.62. The van der Waals surface area contributed by atoms with Gasteiger partial charge in [-0.3, -0.25) is 0 Å². The van der Waals surface area contributed by atoms with Crippen molar-refractivity contribution in [1.29, 1.82) is 0 Å². The molecule has 54 heavy (non-hydrogen) atoms. The monoisotopic (exact) mass is 742 g/mol. The molecule has 0 amide bonds.